The molecule has 0 heterocycles. The van der Waals surface area contributed by atoms with Gasteiger partial charge in [0.05, 0.1) is 10.4 Å². The summed E-state index contributed by atoms with van der Waals surface area (Å²) in [5, 5.41) is 8.54. The van der Waals surface area contributed by atoms with Crippen LogP contribution in [0.25, 0.3) is 0 Å². The zero-order valence-electron chi connectivity index (χ0n) is 8.23. The van der Waals surface area contributed by atoms with Crippen molar-refractivity contribution in [1.82, 2.24) is 0 Å². The van der Waals surface area contributed by atoms with Gasteiger partial charge >= 0.3 is 0 Å². The third kappa shape index (κ3) is 1.18. The second kappa shape index (κ2) is 3.10. The summed E-state index contributed by atoms with van der Waals surface area (Å²) >= 11 is 0. The van der Waals surface area contributed by atoms with Crippen LogP contribution in [0.5, 0.6) is 5.75 Å². The molecule has 0 saturated carbocycles. The number of aryl methyl sites for hydroxylation is 1. The van der Waals surface area contributed by atoms with Gasteiger partial charge in [-0.2, -0.15) is 0 Å². The first-order valence-electron chi connectivity index (χ1n) is 4.44. The van der Waals surface area contributed by atoms with Crippen molar-refractivity contribution in [1.29, 1.82) is 0 Å². The maximum Gasteiger partial charge on any atom is 0.237 e. The standard InChI is InChI=1S/C11H6O5/c1-4-2-5(12)9-8(10(4)15)6(13)3-7(14)11(9)16/h2-3,13H,1H3. The molecule has 16 heavy (non-hydrogen) atoms. The van der Waals surface area contributed by atoms with E-state index in [-0.39, 0.29) is 10.8 Å². The van der Waals surface area contributed by atoms with E-state index in [0.717, 1.165) is 6.07 Å². The molecule has 80 valence electrons. The summed E-state index contributed by atoms with van der Waals surface area (Å²) in [6, 6.07) is 1.65. The zero-order chi connectivity index (χ0) is 12.0. The van der Waals surface area contributed by atoms with E-state index in [4.69, 9.17) is 0 Å². The average molecular weight is 218 g/mol. The van der Waals surface area contributed by atoms with E-state index in [1.807, 2.05) is 0 Å². The van der Waals surface area contributed by atoms with Gasteiger partial charge in [0.1, 0.15) is 5.75 Å². The van der Waals surface area contributed by atoms with E-state index in [2.05, 4.69) is 0 Å². The first-order chi connectivity index (χ1) is 7.43. The molecule has 0 bridgehead atoms. The van der Waals surface area contributed by atoms with Crippen LogP contribution in [0.2, 0.25) is 0 Å². The maximum absolute atomic E-state index is 11.6. The van der Waals surface area contributed by atoms with Gasteiger partial charge in [0.25, 0.3) is 0 Å². The van der Waals surface area contributed by atoms with Crippen molar-refractivity contribution < 1.29 is 5.11 Å². The fourth-order valence-electron chi connectivity index (χ4n) is 1.62. The largest absolute Gasteiger partial charge is 0.507 e. The molecule has 1 N–H and O–H groups in total. The highest BCUT2D eigenvalue weighted by Crippen LogP contribution is 2.03. The first kappa shape index (κ1) is 10.2. The second-order valence-corrected chi connectivity index (χ2v) is 3.49. The van der Waals surface area contributed by atoms with E-state index in [0.29, 0.717) is 6.07 Å². The molecule has 0 amide bonds. The van der Waals surface area contributed by atoms with Gasteiger partial charge in [-0.15, -0.1) is 0 Å². The molecule has 5 heteroatoms. The zero-order valence-corrected chi connectivity index (χ0v) is 8.23. The van der Waals surface area contributed by atoms with Gasteiger partial charge in [0.2, 0.25) is 10.9 Å². The van der Waals surface area contributed by atoms with E-state index in [9.17, 15) is 24.3 Å². The van der Waals surface area contributed by atoms with E-state index in [1.54, 1.807) is 0 Å². The van der Waals surface area contributed by atoms with Crippen molar-refractivity contribution in [3.8, 4) is 5.75 Å². The van der Waals surface area contributed by atoms with Gasteiger partial charge in [0, 0.05) is 11.6 Å². The Labute approximate surface area is 87.6 Å². The lowest BCUT2D eigenvalue weighted by Crippen LogP contribution is -2.31. The summed E-state index contributed by atoms with van der Waals surface area (Å²) in [5.74, 6) is -0.620. The van der Waals surface area contributed by atoms with Crippen LogP contribution in [-0.4, -0.2) is 5.11 Å². The molecule has 0 fully saturated rings. The van der Waals surface area contributed by atoms with Crippen LogP contribution in [0.1, 0.15) is 5.56 Å². The highest BCUT2D eigenvalue weighted by molar-refractivity contribution is 5.31. The minimum atomic E-state index is -1.05. The third-order valence-electron chi connectivity index (χ3n) is 2.40. The Morgan fingerprint density at radius 2 is 1.50 bits per heavy atom. The smallest absolute Gasteiger partial charge is 0.237 e. The van der Waals surface area contributed by atoms with Crippen LogP contribution in [0, 0.1) is 17.4 Å². The Morgan fingerprint density at radius 1 is 0.875 bits per heavy atom. The highest BCUT2D eigenvalue weighted by Gasteiger charge is 2.11. The molecule has 0 radical (unpaired) electrons. The Morgan fingerprint density at radius 3 is 2.12 bits per heavy atom. The van der Waals surface area contributed by atoms with Crippen LogP contribution in [-0.2, 0) is 0 Å². The van der Waals surface area contributed by atoms with Gasteiger partial charge in [-0.25, -0.2) is 0 Å². The summed E-state index contributed by atoms with van der Waals surface area (Å²) in [6.45, 7) is 1.40. The lowest BCUT2D eigenvalue weighted by molar-refractivity contribution is 0.469. The highest BCUT2D eigenvalue weighted by atomic mass is 16.3. The van der Waals surface area contributed by atoms with Gasteiger partial charge in [-0.1, -0.05) is 0 Å². The summed E-state index contributed by atoms with van der Waals surface area (Å²) in [7, 11) is 0. The predicted octanol–water partition coefficient (Wildman–Crippen LogP) is -1.26. The molecular formula is C11H6O5. The van der Waals surface area contributed by atoms with E-state index >= 15 is 0 Å². The molecular weight excluding hydrogens is 212 g/mol. The van der Waals surface area contributed by atoms with E-state index in [1.165, 1.54) is 6.92 Å². The lowest BCUT2D eigenvalue weighted by atomic mass is 10.1. The molecule has 2 aliphatic carbocycles. The minimum absolute atomic E-state index is 0.130. The van der Waals surface area contributed by atoms with Gasteiger partial charge in [-0.05, 0) is 13.0 Å². The topological polar surface area (TPSA) is 88.5 Å². The van der Waals surface area contributed by atoms with Crippen LogP contribution in [0.15, 0.2) is 31.3 Å². The van der Waals surface area contributed by atoms with Crippen molar-refractivity contribution in [2.45, 2.75) is 6.92 Å². The Bertz CT molecular complexity index is 840. The quantitative estimate of drug-likeness (QED) is 0.557. The predicted molar refractivity (Wildman–Crippen MR) is 55.6 cm³/mol. The molecule has 2 aliphatic rings. The number of aromatic hydroxyl groups is 1. The van der Waals surface area contributed by atoms with Gasteiger partial charge < -0.3 is 5.11 Å². The average Bonchev–Trinajstić information content (AvgIpc) is 2.20. The monoisotopic (exact) mass is 218 g/mol. The number of hydrogen-bond donors (Lipinski definition) is 1. The van der Waals surface area contributed by atoms with Crippen molar-refractivity contribution >= 4 is 0 Å². The van der Waals surface area contributed by atoms with Crippen LogP contribution in [0.4, 0.5) is 0 Å². The second-order valence-electron chi connectivity index (χ2n) is 3.49. The van der Waals surface area contributed by atoms with Crippen LogP contribution >= 0.6 is 0 Å². The SMILES string of the molecule is Cc1cc(=O)c2c(=O)c(=O)cc(O)c=2c1=O. The van der Waals surface area contributed by atoms with Crippen LogP contribution < -0.4 is 21.7 Å². The lowest BCUT2D eigenvalue weighted by Gasteiger charge is -1.95. The Kier molecular flexibility index (Phi) is 1.98. The Balaban J connectivity index is 3.53. The third-order valence-corrected chi connectivity index (χ3v) is 2.40. The van der Waals surface area contributed by atoms with Crippen molar-refractivity contribution in [3.05, 3.63) is 69.0 Å². The normalized spacial score (nSPS) is 10.8. The van der Waals surface area contributed by atoms with Crippen molar-refractivity contribution in [2.75, 3.05) is 0 Å². The summed E-state index contributed by atoms with van der Waals surface area (Å²) in [4.78, 5) is 45.6. The number of hydrogen-bond acceptors (Lipinski definition) is 5. The molecule has 0 aliphatic heterocycles. The molecule has 5 nitrogen and oxygen atoms in total. The summed E-state index contributed by atoms with van der Waals surface area (Å²) in [6.07, 6.45) is 0. The molecule has 0 aromatic carbocycles. The maximum atomic E-state index is 11.6. The van der Waals surface area contributed by atoms with Crippen molar-refractivity contribution in [3.63, 3.8) is 0 Å². The molecule has 2 rings (SSSR count). The van der Waals surface area contributed by atoms with Gasteiger partial charge in [-0.3, -0.25) is 19.2 Å². The molecule has 0 saturated heterocycles. The minimum Gasteiger partial charge on any atom is -0.507 e. The summed E-state index contributed by atoms with van der Waals surface area (Å²) in [5.41, 5.74) is -3.24. The molecule has 0 atom stereocenters. The number of rotatable bonds is 0. The van der Waals surface area contributed by atoms with E-state index < -0.39 is 32.7 Å². The molecule has 0 aromatic heterocycles. The molecule has 0 spiro atoms. The van der Waals surface area contributed by atoms with Crippen molar-refractivity contribution in [2.24, 2.45) is 0 Å². The molecule has 0 aromatic rings. The first-order valence-corrected chi connectivity index (χ1v) is 4.44. The fourth-order valence-corrected chi connectivity index (χ4v) is 1.62. The van der Waals surface area contributed by atoms with Gasteiger partial charge in [0.15, 0.2) is 10.9 Å². The Hall–Kier alpha value is -2.30. The molecule has 0 unspecified atom stereocenters. The summed E-state index contributed by atoms with van der Waals surface area (Å²) < 4.78 is 0. The fraction of sp³-hybridized carbons (Fsp3) is 0.0909. The van der Waals surface area contributed by atoms with Crippen LogP contribution in [0.3, 0.4) is 0 Å².